The molecule has 42 heavy (non-hydrogen) atoms. The van der Waals surface area contributed by atoms with E-state index in [1.807, 2.05) is 0 Å². The van der Waals surface area contributed by atoms with E-state index in [-0.39, 0.29) is 84.8 Å². The molecule has 0 aliphatic rings. The first-order valence-electron chi connectivity index (χ1n) is 15.5. The smallest absolute Gasteiger partial charge is 0.790 e. The van der Waals surface area contributed by atoms with Crippen LogP contribution in [0.15, 0.2) is 0 Å². The first-order valence-corrected chi connectivity index (χ1v) is 17.0. The molecule has 0 radical (unpaired) electrons. The molecule has 238 valence electrons. The number of hydrogen-bond acceptors (Lipinski definition) is 9. The van der Waals surface area contributed by atoms with E-state index in [1.165, 1.54) is 51.9 Å². The molecule has 0 aromatic carbocycles. The van der Waals surface area contributed by atoms with Crippen molar-refractivity contribution in [2.75, 3.05) is 33.2 Å². The summed E-state index contributed by atoms with van der Waals surface area (Å²) >= 11 is 0. The molecule has 13 heteroatoms. The molecule has 0 saturated heterocycles. The van der Waals surface area contributed by atoms with Gasteiger partial charge < -0.3 is 38.4 Å². The van der Waals surface area contributed by atoms with Crippen LogP contribution in [0, 0.1) is 0 Å². The van der Waals surface area contributed by atoms with Gasteiger partial charge in [0.25, 0.3) is 0 Å². The molecular formula is C29H56NNa2O9P. The summed E-state index contributed by atoms with van der Waals surface area (Å²) in [5.74, 6) is -0.449. The van der Waals surface area contributed by atoms with E-state index in [0.717, 1.165) is 70.8 Å². The predicted molar refractivity (Wildman–Crippen MR) is 152 cm³/mol. The van der Waals surface area contributed by atoms with E-state index in [9.17, 15) is 23.9 Å². The van der Waals surface area contributed by atoms with Crippen LogP contribution >= 0.6 is 7.82 Å². The Kier molecular flexibility index (Phi) is 39.3. The second-order valence-corrected chi connectivity index (χ2v) is 11.6. The maximum absolute atomic E-state index is 12.2. The number of phosphoric acid groups is 1. The molecule has 0 aromatic heterocycles. The average Bonchev–Trinajstić information content (AvgIpc) is 2.89. The Morgan fingerprint density at radius 3 is 1.74 bits per heavy atom. The topological polar surface area (TPSA) is 146 Å². The summed E-state index contributed by atoms with van der Waals surface area (Å²) in [6, 6.07) is 0. The van der Waals surface area contributed by atoms with Gasteiger partial charge in [-0.25, -0.2) is 0 Å². The second-order valence-electron chi connectivity index (χ2n) is 10.5. The van der Waals surface area contributed by atoms with Gasteiger partial charge >= 0.3 is 65.1 Å². The number of amides is 1. The number of hydrogen-bond donors (Lipinski definition) is 1. The number of carbonyl (C=O) groups excluding carboxylic acids is 2. The minimum atomic E-state index is -5.18. The van der Waals surface area contributed by atoms with E-state index in [2.05, 4.69) is 16.8 Å². The SMILES string of the molecule is CCCCCCCCCCCCCC(=O)O[C@@H](COCOCCCCCCCCCNC(C)=O)COP(=O)([O-])[O-].[Na+].[Na+]. The third kappa shape index (κ3) is 39.0. The molecule has 0 aliphatic heterocycles. The Morgan fingerprint density at radius 1 is 0.714 bits per heavy atom. The first-order chi connectivity index (χ1) is 19.2. The van der Waals surface area contributed by atoms with Crippen molar-refractivity contribution < 1.29 is 102 Å². The van der Waals surface area contributed by atoms with Crippen LogP contribution in [0.4, 0.5) is 0 Å². The molecule has 0 aromatic rings. The maximum atomic E-state index is 12.2. The van der Waals surface area contributed by atoms with Crippen LogP contribution in [-0.4, -0.2) is 51.1 Å². The normalized spacial score (nSPS) is 11.8. The molecule has 0 rings (SSSR count). The zero-order valence-corrected chi connectivity index (χ0v) is 32.1. The summed E-state index contributed by atoms with van der Waals surface area (Å²) in [6.07, 6.45) is 19.6. The number of unbranched alkanes of at least 4 members (excludes halogenated alkanes) is 16. The molecule has 0 saturated carbocycles. The molecule has 0 spiro atoms. The zero-order chi connectivity index (χ0) is 29.7. The average molecular weight is 640 g/mol. The van der Waals surface area contributed by atoms with Crippen LogP contribution in [0.5, 0.6) is 0 Å². The Labute approximate surface area is 299 Å². The van der Waals surface area contributed by atoms with Gasteiger partial charge in [-0.05, 0) is 19.3 Å². The second kappa shape index (κ2) is 34.8. The van der Waals surface area contributed by atoms with Crippen molar-refractivity contribution in [3.63, 3.8) is 0 Å². The molecular weight excluding hydrogens is 583 g/mol. The van der Waals surface area contributed by atoms with E-state index >= 15 is 0 Å². The van der Waals surface area contributed by atoms with Crippen molar-refractivity contribution in [1.29, 1.82) is 0 Å². The summed E-state index contributed by atoms with van der Waals surface area (Å²) in [5, 5.41) is 2.79. The minimum Gasteiger partial charge on any atom is -0.790 e. The molecule has 0 bridgehead atoms. The summed E-state index contributed by atoms with van der Waals surface area (Å²) in [7, 11) is -5.18. The number of esters is 1. The third-order valence-electron chi connectivity index (χ3n) is 6.51. The van der Waals surface area contributed by atoms with E-state index < -0.39 is 26.5 Å². The number of carbonyl (C=O) groups is 2. The van der Waals surface area contributed by atoms with Crippen molar-refractivity contribution in [2.45, 2.75) is 142 Å². The molecule has 1 N–H and O–H groups in total. The summed E-state index contributed by atoms with van der Waals surface area (Å²) in [4.78, 5) is 44.7. The van der Waals surface area contributed by atoms with Crippen molar-refractivity contribution >= 4 is 19.7 Å². The van der Waals surface area contributed by atoms with Gasteiger partial charge in [-0.3, -0.25) is 9.59 Å². The quantitative estimate of drug-likeness (QED) is 0.0355. The largest absolute Gasteiger partial charge is 1.00 e. The van der Waals surface area contributed by atoms with E-state index in [1.54, 1.807) is 0 Å². The Hall–Kier alpha value is 0.970. The van der Waals surface area contributed by atoms with Gasteiger partial charge in [0.1, 0.15) is 12.9 Å². The van der Waals surface area contributed by atoms with Crippen LogP contribution in [0.2, 0.25) is 0 Å². The molecule has 1 amide bonds. The van der Waals surface area contributed by atoms with Gasteiger partial charge in [0, 0.05) is 26.5 Å². The van der Waals surface area contributed by atoms with Gasteiger partial charge in [-0.1, -0.05) is 103 Å². The van der Waals surface area contributed by atoms with Crippen LogP contribution in [0.3, 0.4) is 0 Å². The van der Waals surface area contributed by atoms with E-state index in [4.69, 9.17) is 14.2 Å². The van der Waals surface area contributed by atoms with E-state index in [0.29, 0.717) is 13.0 Å². The standard InChI is InChI=1S/C29H58NO9P.2Na/c1-3-4-5-6-7-8-9-10-12-15-18-21-29(32)39-28(25-38-40(33,34)35)24-37-26-36-23-20-17-14-11-13-16-19-22-30-27(2)31;;/h28H,3-26H2,1-2H3,(H,30,31)(H2,33,34,35);;/q;2*+1/p-2/t28-;;/m0../s1. The molecule has 0 fully saturated rings. The van der Waals surface area contributed by atoms with Crippen LogP contribution < -0.4 is 74.2 Å². The van der Waals surface area contributed by atoms with Crippen LogP contribution in [0.1, 0.15) is 136 Å². The number of nitrogens with one attached hydrogen (secondary N) is 1. The molecule has 0 aliphatic carbocycles. The summed E-state index contributed by atoms with van der Waals surface area (Å²) in [5.41, 5.74) is 0. The number of rotatable bonds is 30. The fraction of sp³-hybridized carbons (Fsp3) is 0.931. The first kappa shape index (κ1) is 47.4. The summed E-state index contributed by atoms with van der Waals surface area (Å²) in [6.45, 7) is 4.29. The van der Waals surface area contributed by atoms with Gasteiger partial charge in [0.2, 0.25) is 5.91 Å². The zero-order valence-electron chi connectivity index (χ0n) is 27.2. The van der Waals surface area contributed by atoms with Gasteiger partial charge in [-0.15, -0.1) is 0 Å². The molecule has 10 nitrogen and oxygen atoms in total. The molecule has 0 unspecified atom stereocenters. The fourth-order valence-electron chi connectivity index (χ4n) is 4.24. The molecule has 1 atom stereocenters. The number of ether oxygens (including phenoxy) is 3. The number of phosphoric ester groups is 1. The maximum Gasteiger partial charge on any atom is 1.00 e. The van der Waals surface area contributed by atoms with Gasteiger partial charge in [0.05, 0.1) is 21.0 Å². The van der Waals surface area contributed by atoms with Gasteiger partial charge in [-0.2, -0.15) is 0 Å². The van der Waals surface area contributed by atoms with Crippen molar-refractivity contribution in [3.8, 4) is 0 Å². The van der Waals surface area contributed by atoms with Crippen LogP contribution in [0.25, 0.3) is 0 Å². The fourth-order valence-corrected chi connectivity index (χ4v) is 4.59. The van der Waals surface area contributed by atoms with Crippen LogP contribution in [-0.2, 0) is 32.9 Å². The minimum absolute atomic E-state index is 0. The van der Waals surface area contributed by atoms with Crippen molar-refractivity contribution in [3.05, 3.63) is 0 Å². The third-order valence-corrected chi connectivity index (χ3v) is 6.98. The monoisotopic (exact) mass is 639 g/mol. The summed E-state index contributed by atoms with van der Waals surface area (Å²) < 4.78 is 31.3. The Balaban J connectivity index is -0.00000760. The van der Waals surface area contributed by atoms with Crippen molar-refractivity contribution in [2.24, 2.45) is 0 Å². The Morgan fingerprint density at radius 2 is 1.21 bits per heavy atom. The Bertz CT molecular complexity index is 657. The predicted octanol–water partition coefficient (Wildman–Crippen LogP) is -0.690. The molecule has 0 heterocycles. The van der Waals surface area contributed by atoms with Crippen molar-refractivity contribution in [1.82, 2.24) is 5.32 Å². The van der Waals surface area contributed by atoms with Gasteiger partial charge in [0.15, 0.2) is 0 Å².